The summed E-state index contributed by atoms with van der Waals surface area (Å²) in [6, 6.07) is 7.37. The van der Waals surface area contributed by atoms with E-state index in [9.17, 15) is 4.79 Å². The fraction of sp³-hybridized carbons (Fsp3) is 0.400. The van der Waals surface area contributed by atoms with Crippen LogP contribution in [0, 0.1) is 5.92 Å². The molecule has 19 heavy (non-hydrogen) atoms. The second-order valence-electron chi connectivity index (χ2n) is 4.76. The van der Waals surface area contributed by atoms with Gasteiger partial charge in [-0.05, 0) is 29.7 Å². The van der Waals surface area contributed by atoms with Crippen molar-refractivity contribution in [2.45, 2.75) is 13.8 Å². The highest BCUT2D eigenvalue weighted by Gasteiger charge is 1.96. The minimum absolute atomic E-state index is 0.129. The lowest BCUT2D eigenvalue weighted by molar-refractivity contribution is -0.116. The topological polar surface area (TPSA) is 64.3 Å². The number of nitrogens with two attached hydrogens (primary N) is 1. The summed E-state index contributed by atoms with van der Waals surface area (Å²) in [5, 5.41) is 2.76. The number of amides is 1. The van der Waals surface area contributed by atoms with E-state index >= 15 is 0 Å². The Morgan fingerprint density at radius 2 is 2.26 bits per heavy atom. The molecule has 4 heteroatoms. The molecule has 0 saturated heterocycles. The van der Waals surface area contributed by atoms with Gasteiger partial charge >= 0.3 is 0 Å². The fourth-order valence-electron chi connectivity index (χ4n) is 1.46. The summed E-state index contributed by atoms with van der Waals surface area (Å²) in [4.78, 5) is 11.5. The summed E-state index contributed by atoms with van der Waals surface area (Å²) >= 11 is 0. The molecular formula is C15H22N2O2. The van der Waals surface area contributed by atoms with Gasteiger partial charge in [0.15, 0.2) is 0 Å². The van der Waals surface area contributed by atoms with Gasteiger partial charge in [0.2, 0.25) is 5.91 Å². The van der Waals surface area contributed by atoms with Crippen molar-refractivity contribution in [1.82, 2.24) is 5.32 Å². The van der Waals surface area contributed by atoms with Crippen molar-refractivity contribution < 1.29 is 9.53 Å². The van der Waals surface area contributed by atoms with Gasteiger partial charge in [-0.2, -0.15) is 0 Å². The average molecular weight is 262 g/mol. The molecule has 4 nitrogen and oxygen atoms in total. The molecule has 0 atom stereocenters. The maximum atomic E-state index is 11.5. The third-order valence-corrected chi connectivity index (χ3v) is 2.33. The van der Waals surface area contributed by atoms with Crippen molar-refractivity contribution >= 4 is 17.7 Å². The Balaban J connectivity index is 2.24. The van der Waals surface area contributed by atoms with Gasteiger partial charge in [0.1, 0.15) is 0 Å². The Labute approximate surface area is 114 Å². The number of nitrogens with one attached hydrogen (secondary N) is 1. The summed E-state index contributed by atoms with van der Waals surface area (Å²) in [6.07, 6.45) is 3.23. The van der Waals surface area contributed by atoms with Crippen molar-refractivity contribution in [3.8, 4) is 0 Å². The standard InChI is InChI=1S/C15H22N2O2/c1-12(2)11-19-9-8-17-15(18)7-6-13-4-3-5-14(16)10-13/h3-7,10,12H,8-9,11,16H2,1-2H3,(H,17,18)/b7-6+. The number of benzene rings is 1. The summed E-state index contributed by atoms with van der Waals surface area (Å²) in [5.41, 5.74) is 7.25. The normalized spacial score (nSPS) is 11.1. The Kier molecular flexibility index (Phi) is 6.68. The third kappa shape index (κ3) is 7.26. The molecule has 3 N–H and O–H groups in total. The fourth-order valence-corrected chi connectivity index (χ4v) is 1.46. The van der Waals surface area contributed by atoms with E-state index in [4.69, 9.17) is 10.5 Å². The van der Waals surface area contributed by atoms with Crippen LogP contribution in [0.4, 0.5) is 5.69 Å². The molecule has 0 aliphatic heterocycles. The molecular weight excluding hydrogens is 240 g/mol. The number of anilines is 1. The van der Waals surface area contributed by atoms with Crippen LogP contribution in [0.15, 0.2) is 30.3 Å². The summed E-state index contributed by atoms with van der Waals surface area (Å²) < 4.78 is 5.37. The molecule has 0 aliphatic rings. The van der Waals surface area contributed by atoms with E-state index in [0.717, 1.165) is 12.2 Å². The Bertz CT molecular complexity index is 428. The van der Waals surface area contributed by atoms with Gasteiger partial charge in [-0.1, -0.05) is 26.0 Å². The Hall–Kier alpha value is -1.81. The molecule has 1 rings (SSSR count). The van der Waals surface area contributed by atoms with E-state index in [1.54, 1.807) is 6.08 Å². The highest BCUT2D eigenvalue weighted by atomic mass is 16.5. The summed E-state index contributed by atoms with van der Waals surface area (Å²) in [5.74, 6) is 0.384. The molecule has 1 amide bonds. The van der Waals surface area contributed by atoms with Gasteiger partial charge in [0.25, 0.3) is 0 Å². The van der Waals surface area contributed by atoms with Crippen LogP contribution in [0.5, 0.6) is 0 Å². The van der Waals surface area contributed by atoms with Crippen molar-refractivity contribution in [3.05, 3.63) is 35.9 Å². The molecule has 0 heterocycles. The van der Waals surface area contributed by atoms with Crippen molar-refractivity contribution in [3.63, 3.8) is 0 Å². The largest absolute Gasteiger partial charge is 0.399 e. The zero-order chi connectivity index (χ0) is 14.1. The monoisotopic (exact) mass is 262 g/mol. The predicted molar refractivity (Wildman–Crippen MR) is 78.6 cm³/mol. The number of ether oxygens (including phenoxy) is 1. The lowest BCUT2D eigenvalue weighted by Gasteiger charge is -2.06. The molecule has 1 aromatic carbocycles. The summed E-state index contributed by atoms with van der Waals surface area (Å²) in [7, 11) is 0. The number of rotatable bonds is 7. The minimum Gasteiger partial charge on any atom is -0.399 e. The molecule has 0 saturated carbocycles. The third-order valence-electron chi connectivity index (χ3n) is 2.33. The molecule has 1 aromatic rings. The van der Waals surface area contributed by atoms with Gasteiger partial charge in [-0.15, -0.1) is 0 Å². The Morgan fingerprint density at radius 3 is 2.95 bits per heavy atom. The van der Waals surface area contributed by atoms with E-state index in [1.165, 1.54) is 6.08 Å². The van der Waals surface area contributed by atoms with E-state index in [2.05, 4.69) is 19.2 Å². The lowest BCUT2D eigenvalue weighted by atomic mass is 10.2. The first-order valence-corrected chi connectivity index (χ1v) is 6.47. The quantitative estimate of drug-likeness (QED) is 0.449. The molecule has 0 aromatic heterocycles. The van der Waals surface area contributed by atoms with Gasteiger partial charge in [-0.25, -0.2) is 0 Å². The first-order chi connectivity index (χ1) is 9.08. The molecule has 0 bridgehead atoms. The van der Waals surface area contributed by atoms with Gasteiger partial charge in [0, 0.05) is 24.9 Å². The highest BCUT2D eigenvalue weighted by molar-refractivity contribution is 5.91. The maximum Gasteiger partial charge on any atom is 0.244 e. The van der Waals surface area contributed by atoms with Crippen LogP contribution in [0.2, 0.25) is 0 Å². The number of hydrogen-bond donors (Lipinski definition) is 2. The van der Waals surface area contributed by atoms with Gasteiger partial charge in [-0.3, -0.25) is 4.79 Å². The number of carbonyl (C=O) groups excluding carboxylic acids is 1. The molecule has 104 valence electrons. The highest BCUT2D eigenvalue weighted by Crippen LogP contribution is 2.07. The smallest absolute Gasteiger partial charge is 0.244 e. The second kappa shape index (κ2) is 8.32. The zero-order valence-electron chi connectivity index (χ0n) is 11.6. The first-order valence-electron chi connectivity index (χ1n) is 6.47. The van der Waals surface area contributed by atoms with Gasteiger partial charge < -0.3 is 15.8 Å². The average Bonchev–Trinajstić information content (AvgIpc) is 2.35. The van der Waals surface area contributed by atoms with Crippen LogP contribution in [-0.4, -0.2) is 25.7 Å². The van der Waals surface area contributed by atoms with E-state index in [0.29, 0.717) is 24.8 Å². The van der Waals surface area contributed by atoms with E-state index in [-0.39, 0.29) is 5.91 Å². The molecule has 0 fully saturated rings. The molecule has 0 unspecified atom stereocenters. The van der Waals surface area contributed by atoms with Crippen LogP contribution in [0.25, 0.3) is 6.08 Å². The number of hydrogen-bond acceptors (Lipinski definition) is 3. The lowest BCUT2D eigenvalue weighted by Crippen LogP contribution is -2.25. The van der Waals surface area contributed by atoms with Crippen LogP contribution < -0.4 is 11.1 Å². The maximum absolute atomic E-state index is 11.5. The minimum atomic E-state index is -0.129. The first kappa shape index (κ1) is 15.2. The van der Waals surface area contributed by atoms with Crippen LogP contribution >= 0.6 is 0 Å². The van der Waals surface area contributed by atoms with Crippen molar-refractivity contribution in [2.75, 3.05) is 25.5 Å². The van der Waals surface area contributed by atoms with Crippen LogP contribution in [0.1, 0.15) is 19.4 Å². The number of nitrogen functional groups attached to an aromatic ring is 1. The van der Waals surface area contributed by atoms with E-state index < -0.39 is 0 Å². The number of carbonyl (C=O) groups is 1. The summed E-state index contributed by atoms with van der Waals surface area (Å²) in [6.45, 7) is 5.96. The molecule has 0 spiro atoms. The van der Waals surface area contributed by atoms with Crippen molar-refractivity contribution in [1.29, 1.82) is 0 Å². The van der Waals surface area contributed by atoms with Crippen LogP contribution in [-0.2, 0) is 9.53 Å². The van der Waals surface area contributed by atoms with Crippen molar-refractivity contribution in [2.24, 2.45) is 5.92 Å². The van der Waals surface area contributed by atoms with E-state index in [1.807, 2.05) is 24.3 Å². The zero-order valence-corrected chi connectivity index (χ0v) is 11.6. The Morgan fingerprint density at radius 1 is 1.47 bits per heavy atom. The SMILES string of the molecule is CC(C)COCCNC(=O)/C=C/c1cccc(N)c1. The predicted octanol–water partition coefficient (Wildman–Crippen LogP) is 2.07. The molecule has 0 aliphatic carbocycles. The molecule has 0 radical (unpaired) electrons. The second-order valence-corrected chi connectivity index (χ2v) is 4.76. The van der Waals surface area contributed by atoms with Crippen LogP contribution in [0.3, 0.4) is 0 Å². The van der Waals surface area contributed by atoms with Gasteiger partial charge in [0.05, 0.1) is 6.61 Å².